The van der Waals surface area contributed by atoms with Gasteiger partial charge in [-0.3, -0.25) is 0 Å². The number of aryl methyl sites for hydroxylation is 1. The Hall–Kier alpha value is -1.36. The quantitative estimate of drug-likeness (QED) is 0.815. The van der Waals surface area contributed by atoms with Crippen LogP contribution in [0.4, 0.5) is 11.8 Å². The Morgan fingerprint density at radius 2 is 1.89 bits per heavy atom. The fourth-order valence-electron chi connectivity index (χ4n) is 1.89. The van der Waals surface area contributed by atoms with Gasteiger partial charge in [0.15, 0.2) is 0 Å². The van der Waals surface area contributed by atoms with Gasteiger partial charge in [0.1, 0.15) is 5.82 Å². The van der Waals surface area contributed by atoms with E-state index in [2.05, 4.69) is 59.1 Å². The molecule has 1 aromatic heterocycles. The maximum Gasteiger partial charge on any atom is 0.224 e. The van der Waals surface area contributed by atoms with E-state index in [1.807, 2.05) is 14.0 Å². The summed E-state index contributed by atoms with van der Waals surface area (Å²) in [6.07, 6.45) is 0. The van der Waals surface area contributed by atoms with Crippen LogP contribution in [0.25, 0.3) is 0 Å². The predicted molar refractivity (Wildman–Crippen MR) is 81.9 cm³/mol. The maximum atomic E-state index is 4.57. The molecule has 0 atom stereocenters. The van der Waals surface area contributed by atoms with Crippen LogP contribution >= 0.6 is 0 Å². The van der Waals surface area contributed by atoms with E-state index in [-0.39, 0.29) is 0 Å². The number of aromatic nitrogens is 2. The molecule has 1 heterocycles. The maximum absolute atomic E-state index is 4.57. The van der Waals surface area contributed by atoms with Gasteiger partial charge in [0, 0.05) is 38.4 Å². The van der Waals surface area contributed by atoms with Gasteiger partial charge in [0.05, 0.1) is 0 Å². The zero-order chi connectivity index (χ0) is 14.4. The van der Waals surface area contributed by atoms with Crippen molar-refractivity contribution in [1.82, 2.24) is 14.9 Å². The monoisotopic (exact) mass is 265 g/mol. The molecule has 0 aliphatic rings. The number of nitrogens with zero attached hydrogens (tertiary/aromatic N) is 4. The second-order valence-corrected chi connectivity index (χ2v) is 5.58. The molecule has 5 heteroatoms. The molecule has 0 fully saturated rings. The second-order valence-electron chi connectivity index (χ2n) is 5.58. The third-order valence-corrected chi connectivity index (χ3v) is 2.79. The lowest BCUT2D eigenvalue weighted by Crippen LogP contribution is -2.35. The van der Waals surface area contributed by atoms with Crippen molar-refractivity contribution in [2.24, 2.45) is 5.92 Å². The first kappa shape index (κ1) is 15.7. The van der Waals surface area contributed by atoms with Gasteiger partial charge in [-0.15, -0.1) is 0 Å². The molecule has 1 aromatic rings. The number of nitrogens with one attached hydrogen (secondary N) is 1. The molecule has 0 saturated heterocycles. The van der Waals surface area contributed by atoms with Crippen LogP contribution in [0.15, 0.2) is 6.07 Å². The van der Waals surface area contributed by atoms with Crippen molar-refractivity contribution >= 4 is 11.8 Å². The minimum Gasteiger partial charge on any atom is -0.357 e. The number of hydrogen-bond acceptors (Lipinski definition) is 5. The minimum absolute atomic E-state index is 0.607. The summed E-state index contributed by atoms with van der Waals surface area (Å²) in [5.74, 6) is 2.30. The summed E-state index contributed by atoms with van der Waals surface area (Å²) >= 11 is 0. The molecule has 0 saturated carbocycles. The third-order valence-electron chi connectivity index (χ3n) is 2.79. The van der Waals surface area contributed by atoms with Gasteiger partial charge in [-0.2, -0.15) is 4.98 Å². The van der Waals surface area contributed by atoms with Gasteiger partial charge in [-0.1, -0.05) is 13.8 Å². The fraction of sp³-hybridized carbons (Fsp3) is 0.714. The minimum atomic E-state index is 0.607. The molecular formula is C14H27N5. The van der Waals surface area contributed by atoms with Crippen LogP contribution in [0.1, 0.15) is 19.5 Å². The van der Waals surface area contributed by atoms with Crippen LogP contribution in [-0.2, 0) is 0 Å². The molecule has 0 bridgehead atoms. The van der Waals surface area contributed by atoms with Gasteiger partial charge in [-0.05, 0) is 26.9 Å². The molecule has 0 unspecified atom stereocenters. The summed E-state index contributed by atoms with van der Waals surface area (Å²) in [6, 6.07) is 2.05. The van der Waals surface area contributed by atoms with Crippen molar-refractivity contribution in [1.29, 1.82) is 0 Å². The first-order valence-corrected chi connectivity index (χ1v) is 6.85. The zero-order valence-electron chi connectivity index (χ0n) is 13.1. The third kappa shape index (κ3) is 5.42. The van der Waals surface area contributed by atoms with Crippen LogP contribution in [0, 0.1) is 12.8 Å². The number of rotatable bonds is 7. The van der Waals surface area contributed by atoms with E-state index < -0.39 is 0 Å². The van der Waals surface area contributed by atoms with Crippen LogP contribution in [0.2, 0.25) is 0 Å². The lowest BCUT2D eigenvalue weighted by atomic mass is 10.2. The highest BCUT2D eigenvalue weighted by Gasteiger charge is 2.12. The smallest absolute Gasteiger partial charge is 0.224 e. The van der Waals surface area contributed by atoms with Crippen molar-refractivity contribution < 1.29 is 0 Å². The molecule has 0 spiro atoms. The summed E-state index contributed by atoms with van der Waals surface area (Å²) in [5, 5.41) is 3.02. The first-order valence-electron chi connectivity index (χ1n) is 6.85. The Morgan fingerprint density at radius 1 is 1.21 bits per heavy atom. The van der Waals surface area contributed by atoms with E-state index in [1.165, 1.54) is 0 Å². The Balaban J connectivity index is 2.91. The predicted octanol–water partition coefficient (Wildman–Crippen LogP) is 1.85. The molecule has 1 rings (SSSR count). The van der Waals surface area contributed by atoms with Crippen LogP contribution < -0.4 is 10.2 Å². The number of anilines is 2. The highest BCUT2D eigenvalue weighted by Crippen LogP contribution is 2.16. The zero-order valence-corrected chi connectivity index (χ0v) is 13.1. The molecule has 0 aromatic carbocycles. The molecule has 5 nitrogen and oxygen atoms in total. The van der Waals surface area contributed by atoms with E-state index in [4.69, 9.17) is 0 Å². The lowest BCUT2D eigenvalue weighted by molar-refractivity contribution is 0.408. The SMILES string of the molecule is CNc1nc(C)cc(N(CCN(C)C)CC(C)C)n1. The largest absolute Gasteiger partial charge is 0.357 e. The van der Waals surface area contributed by atoms with Crippen molar-refractivity contribution in [3.63, 3.8) is 0 Å². The summed E-state index contributed by atoms with van der Waals surface area (Å²) in [7, 11) is 6.04. The second kappa shape index (κ2) is 7.28. The topological polar surface area (TPSA) is 44.3 Å². The summed E-state index contributed by atoms with van der Waals surface area (Å²) < 4.78 is 0. The van der Waals surface area contributed by atoms with E-state index in [0.29, 0.717) is 11.9 Å². The van der Waals surface area contributed by atoms with Gasteiger partial charge >= 0.3 is 0 Å². The Morgan fingerprint density at radius 3 is 2.42 bits per heavy atom. The van der Waals surface area contributed by atoms with Crippen LogP contribution in [0.3, 0.4) is 0 Å². The molecule has 19 heavy (non-hydrogen) atoms. The van der Waals surface area contributed by atoms with E-state index >= 15 is 0 Å². The van der Waals surface area contributed by atoms with Gasteiger partial charge in [-0.25, -0.2) is 4.98 Å². The van der Waals surface area contributed by atoms with Crippen molar-refractivity contribution in [2.45, 2.75) is 20.8 Å². The average molecular weight is 265 g/mol. The van der Waals surface area contributed by atoms with Crippen molar-refractivity contribution in [2.75, 3.05) is 51.0 Å². The standard InChI is InChI=1S/C14H27N5/c1-11(2)10-19(8-7-18(5)6)13-9-12(3)16-14(15-4)17-13/h9,11H,7-8,10H2,1-6H3,(H,15,16,17). The number of likely N-dealkylation sites (N-methyl/N-ethyl adjacent to an activating group) is 1. The Labute approximate surface area is 117 Å². The fourth-order valence-corrected chi connectivity index (χ4v) is 1.89. The van der Waals surface area contributed by atoms with Gasteiger partial charge in [0.2, 0.25) is 5.95 Å². The van der Waals surface area contributed by atoms with Gasteiger partial charge < -0.3 is 15.1 Å². The lowest BCUT2D eigenvalue weighted by Gasteiger charge is -2.27. The molecule has 108 valence electrons. The highest BCUT2D eigenvalue weighted by atomic mass is 15.2. The number of hydrogen-bond donors (Lipinski definition) is 1. The molecular weight excluding hydrogens is 238 g/mol. The highest BCUT2D eigenvalue weighted by molar-refractivity contribution is 5.44. The summed E-state index contributed by atoms with van der Waals surface area (Å²) in [5.41, 5.74) is 0.993. The average Bonchev–Trinajstić information content (AvgIpc) is 2.32. The van der Waals surface area contributed by atoms with E-state index in [1.54, 1.807) is 0 Å². The van der Waals surface area contributed by atoms with E-state index in [9.17, 15) is 0 Å². The molecule has 0 aliphatic heterocycles. The van der Waals surface area contributed by atoms with E-state index in [0.717, 1.165) is 31.1 Å². The van der Waals surface area contributed by atoms with Crippen LogP contribution in [-0.4, -0.2) is 55.6 Å². The summed E-state index contributed by atoms with van der Waals surface area (Å²) in [4.78, 5) is 13.4. The van der Waals surface area contributed by atoms with Crippen LogP contribution in [0.5, 0.6) is 0 Å². The Bertz CT molecular complexity index is 389. The van der Waals surface area contributed by atoms with Crippen molar-refractivity contribution in [3.05, 3.63) is 11.8 Å². The van der Waals surface area contributed by atoms with Gasteiger partial charge in [0.25, 0.3) is 0 Å². The molecule has 0 radical (unpaired) electrons. The first-order chi connectivity index (χ1) is 8.92. The Kier molecular flexibility index (Phi) is 6.02. The molecule has 0 amide bonds. The van der Waals surface area contributed by atoms with Crippen molar-refractivity contribution in [3.8, 4) is 0 Å². The molecule has 0 aliphatic carbocycles. The summed E-state index contributed by atoms with van der Waals surface area (Å²) in [6.45, 7) is 9.47. The normalized spacial score (nSPS) is 11.2. The molecule has 1 N–H and O–H groups in total.